The van der Waals surface area contributed by atoms with Gasteiger partial charge >= 0.3 is 5.97 Å². The van der Waals surface area contributed by atoms with Gasteiger partial charge in [-0.15, -0.1) is 11.3 Å². The molecule has 1 aromatic heterocycles. The summed E-state index contributed by atoms with van der Waals surface area (Å²) in [4.78, 5) is 30.3. The van der Waals surface area contributed by atoms with Gasteiger partial charge in [-0.25, -0.2) is 9.78 Å². The highest BCUT2D eigenvalue weighted by atomic mass is 32.1. The number of anilines is 1. The summed E-state index contributed by atoms with van der Waals surface area (Å²) in [7, 11) is 0. The molecule has 1 fully saturated rings. The number of hydrogen-bond donors (Lipinski definition) is 0. The molecule has 6 heteroatoms. The van der Waals surface area contributed by atoms with Crippen molar-refractivity contribution in [2.24, 2.45) is 0 Å². The summed E-state index contributed by atoms with van der Waals surface area (Å²) in [5.74, 6) is 0.0701. The Morgan fingerprint density at radius 2 is 1.85 bits per heavy atom. The van der Waals surface area contributed by atoms with Gasteiger partial charge in [0.2, 0.25) is 5.91 Å². The van der Waals surface area contributed by atoms with Crippen LogP contribution in [0.3, 0.4) is 0 Å². The van der Waals surface area contributed by atoms with Gasteiger partial charge in [-0.05, 0) is 37.6 Å². The Balaban J connectivity index is 1.45. The molecule has 4 rings (SSSR count). The number of nitrogens with zero attached hydrogens (tertiary/aromatic N) is 2. The Morgan fingerprint density at radius 1 is 1.11 bits per heavy atom. The molecule has 0 N–H and O–H groups in total. The van der Waals surface area contributed by atoms with Crippen LogP contribution in [0, 0.1) is 6.92 Å². The first-order valence-electron chi connectivity index (χ1n) is 8.75. The number of thiazole rings is 1. The van der Waals surface area contributed by atoms with Gasteiger partial charge in [0.1, 0.15) is 10.8 Å². The standard InChI is InChI=1S/C21H18N2O3S/c1-14-4-6-15(7-5-14)20-22-18(13-27-20)21(25)26-17-10-8-16(9-11-17)23-12-2-3-19(23)24/h4-11,13H,2-3,12H2,1H3. The van der Waals surface area contributed by atoms with Crippen molar-refractivity contribution in [3.05, 3.63) is 65.2 Å². The van der Waals surface area contributed by atoms with Crippen LogP contribution in [0.25, 0.3) is 10.6 Å². The fourth-order valence-electron chi connectivity index (χ4n) is 2.97. The summed E-state index contributed by atoms with van der Waals surface area (Å²) in [5, 5.41) is 2.49. The van der Waals surface area contributed by atoms with Crippen LogP contribution in [-0.4, -0.2) is 23.4 Å². The number of carbonyl (C=O) groups is 2. The molecule has 2 aromatic carbocycles. The van der Waals surface area contributed by atoms with Crippen LogP contribution in [0.5, 0.6) is 5.75 Å². The highest BCUT2D eigenvalue weighted by Gasteiger charge is 2.21. The van der Waals surface area contributed by atoms with E-state index in [0.717, 1.165) is 29.2 Å². The zero-order valence-electron chi connectivity index (χ0n) is 14.8. The van der Waals surface area contributed by atoms with Crippen molar-refractivity contribution in [1.29, 1.82) is 0 Å². The zero-order chi connectivity index (χ0) is 18.8. The molecule has 0 saturated carbocycles. The molecule has 0 radical (unpaired) electrons. The number of rotatable bonds is 4. The Morgan fingerprint density at radius 3 is 2.52 bits per heavy atom. The molecular weight excluding hydrogens is 360 g/mol. The second-order valence-corrected chi connectivity index (χ2v) is 7.29. The van der Waals surface area contributed by atoms with E-state index in [1.165, 1.54) is 16.9 Å². The molecule has 27 heavy (non-hydrogen) atoms. The Labute approximate surface area is 161 Å². The van der Waals surface area contributed by atoms with Crippen LogP contribution in [0.1, 0.15) is 28.9 Å². The highest BCUT2D eigenvalue weighted by Crippen LogP contribution is 2.26. The summed E-state index contributed by atoms with van der Waals surface area (Å²) >= 11 is 1.41. The van der Waals surface area contributed by atoms with Gasteiger partial charge in [0.25, 0.3) is 0 Å². The molecular formula is C21H18N2O3S. The van der Waals surface area contributed by atoms with Crippen molar-refractivity contribution in [2.45, 2.75) is 19.8 Å². The maximum atomic E-state index is 12.4. The Hall–Kier alpha value is -2.99. The molecule has 1 amide bonds. The van der Waals surface area contributed by atoms with Crippen molar-refractivity contribution >= 4 is 28.9 Å². The smallest absolute Gasteiger partial charge is 0.363 e. The lowest BCUT2D eigenvalue weighted by Crippen LogP contribution is -2.23. The number of benzene rings is 2. The molecule has 2 heterocycles. The van der Waals surface area contributed by atoms with Gasteiger partial charge in [-0.1, -0.05) is 29.8 Å². The molecule has 1 saturated heterocycles. The maximum absolute atomic E-state index is 12.4. The number of aromatic nitrogens is 1. The monoisotopic (exact) mass is 378 g/mol. The number of esters is 1. The van der Waals surface area contributed by atoms with E-state index in [1.807, 2.05) is 31.2 Å². The predicted molar refractivity (Wildman–Crippen MR) is 105 cm³/mol. The van der Waals surface area contributed by atoms with E-state index in [0.29, 0.717) is 12.2 Å². The van der Waals surface area contributed by atoms with E-state index in [1.54, 1.807) is 34.5 Å². The summed E-state index contributed by atoms with van der Waals surface area (Å²) < 4.78 is 5.42. The molecule has 0 unspecified atom stereocenters. The Bertz CT molecular complexity index is 977. The van der Waals surface area contributed by atoms with Crippen LogP contribution >= 0.6 is 11.3 Å². The van der Waals surface area contributed by atoms with Gasteiger partial charge in [0, 0.05) is 29.6 Å². The molecule has 1 aliphatic rings. The molecule has 0 bridgehead atoms. The first kappa shape index (κ1) is 17.4. The summed E-state index contributed by atoms with van der Waals surface area (Å²) in [6.45, 7) is 2.76. The summed E-state index contributed by atoms with van der Waals surface area (Å²) in [5.41, 5.74) is 3.26. The minimum atomic E-state index is -0.491. The van der Waals surface area contributed by atoms with Crippen molar-refractivity contribution in [2.75, 3.05) is 11.4 Å². The largest absolute Gasteiger partial charge is 0.422 e. The lowest BCUT2D eigenvalue weighted by atomic mass is 10.2. The van der Waals surface area contributed by atoms with E-state index in [4.69, 9.17) is 4.74 Å². The normalized spacial score (nSPS) is 13.8. The third-order valence-electron chi connectivity index (χ3n) is 4.44. The molecule has 3 aromatic rings. The minimum Gasteiger partial charge on any atom is -0.422 e. The number of hydrogen-bond acceptors (Lipinski definition) is 5. The van der Waals surface area contributed by atoms with Gasteiger partial charge in [0.05, 0.1) is 0 Å². The number of amides is 1. The van der Waals surface area contributed by atoms with E-state index >= 15 is 0 Å². The van der Waals surface area contributed by atoms with Crippen LogP contribution in [0.4, 0.5) is 5.69 Å². The number of aryl methyl sites for hydroxylation is 1. The molecule has 5 nitrogen and oxygen atoms in total. The second kappa shape index (κ2) is 7.32. The van der Waals surface area contributed by atoms with Crippen molar-refractivity contribution < 1.29 is 14.3 Å². The lowest BCUT2D eigenvalue weighted by molar-refractivity contribution is -0.117. The van der Waals surface area contributed by atoms with E-state index in [9.17, 15) is 9.59 Å². The molecule has 0 spiro atoms. The van der Waals surface area contributed by atoms with Crippen molar-refractivity contribution in [1.82, 2.24) is 4.98 Å². The fraction of sp³-hybridized carbons (Fsp3) is 0.190. The average Bonchev–Trinajstić information content (AvgIpc) is 3.32. The lowest BCUT2D eigenvalue weighted by Gasteiger charge is -2.15. The van der Waals surface area contributed by atoms with Crippen LogP contribution < -0.4 is 9.64 Å². The van der Waals surface area contributed by atoms with Gasteiger partial charge in [-0.2, -0.15) is 0 Å². The quantitative estimate of drug-likeness (QED) is 0.497. The summed E-state index contributed by atoms with van der Waals surface area (Å²) in [6, 6.07) is 15.0. The van der Waals surface area contributed by atoms with Gasteiger partial charge in [0.15, 0.2) is 5.69 Å². The molecule has 0 atom stereocenters. The van der Waals surface area contributed by atoms with Crippen LogP contribution in [-0.2, 0) is 4.79 Å². The second-order valence-electron chi connectivity index (χ2n) is 6.44. The zero-order valence-corrected chi connectivity index (χ0v) is 15.7. The maximum Gasteiger partial charge on any atom is 0.363 e. The fourth-order valence-corrected chi connectivity index (χ4v) is 3.77. The van der Waals surface area contributed by atoms with Gasteiger partial charge < -0.3 is 9.64 Å². The SMILES string of the molecule is Cc1ccc(-c2nc(C(=O)Oc3ccc(N4CCCC4=O)cc3)cs2)cc1. The third-order valence-corrected chi connectivity index (χ3v) is 5.34. The molecule has 1 aliphatic heterocycles. The number of ether oxygens (including phenoxy) is 1. The van der Waals surface area contributed by atoms with Crippen molar-refractivity contribution in [3.8, 4) is 16.3 Å². The van der Waals surface area contributed by atoms with Gasteiger partial charge in [-0.3, -0.25) is 4.79 Å². The van der Waals surface area contributed by atoms with E-state index in [2.05, 4.69) is 4.98 Å². The number of carbonyl (C=O) groups excluding carboxylic acids is 2. The van der Waals surface area contributed by atoms with E-state index in [-0.39, 0.29) is 11.6 Å². The van der Waals surface area contributed by atoms with E-state index < -0.39 is 5.97 Å². The first-order valence-corrected chi connectivity index (χ1v) is 9.63. The third kappa shape index (κ3) is 3.75. The summed E-state index contributed by atoms with van der Waals surface area (Å²) in [6.07, 6.45) is 1.46. The highest BCUT2D eigenvalue weighted by molar-refractivity contribution is 7.13. The molecule has 0 aliphatic carbocycles. The Kier molecular flexibility index (Phi) is 4.73. The average molecular weight is 378 g/mol. The predicted octanol–water partition coefficient (Wildman–Crippen LogP) is 4.46. The molecule has 136 valence electrons. The van der Waals surface area contributed by atoms with Crippen LogP contribution in [0.15, 0.2) is 53.9 Å². The first-order chi connectivity index (χ1) is 13.1. The topological polar surface area (TPSA) is 59.5 Å². The minimum absolute atomic E-state index is 0.130. The van der Waals surface area contributed by atoms with Crippen molar-refractivity contribution in [3.63, 3.8) is 0 Å². The van der Waals surface area contributed by atoms with Crippen LogP contribution in [0.2, 0.25) is 0 Å².